The molecule has 174 valence electrons. The summed E-state index contributed by atoms with van der Waals surface area (Å²) in [6, 6.07) is 10.8. The van der Waals surface area contributed by atoms with Crippen LogP contribution in [-0.4, -0.2) is 21.4 Å². The fraction of sp³-hybridized carbons (Fsp3) is 0.250. The van der Waals surface area contributed by atoms with Crippen LogP contribution in [0.4, 0.5) is 0 Å². The van der Waals surface area contributed by atoms with Crippen LogP contribution in [0, 0.1) is 11.8 Å². The Morgan fingerprint density at radius 3 is 2.80 bits per heavy atom. The number of fused-ring (bicyclic) bond motifs is 3. The standard InChI is InChI=1S/C28H22N2O4S/c31-24-12-20(25(15-9-10-15)27-30(24)22(14-35-27)28(32)33)23-13-21(29-34-23)26-18-7-3-1-5-16(18)11-17-6-2-4-8-19(17)26/h1-8,11-13,15-16,18,22H,9-10,14H2,(H,32,33)/p-1. The number of allylic oxidation sites excluding steroid dienone is 4. The maximum atomic E-state index is 13.0. The zero-order valence-corrected chi connectivity index (χ0v) is 19.5. The first kappa shape index (κ1) is 20.8. The van der Waals surface area contributed by atoms with E-state index in [1.807, 2.05) is 18.2 Å². The van der Waals surface area contributed by atoms with Crippen LogP contribution in [0.15, 0.2) is 75.0 Å². The molecule has 0 saturated heterocycles. The van der Waals surface area contributed by atoms with Crippen molar-refractivity contribution in [3.63, 3.8) is 0 Å². The van der Waals surface area contributed by atoms with Gasteiger partial charge in [0, 0.05) is 35.3 Å². The number of aliphatic carboxylic acids is 1. The molecule has 3 heterocycles. The lowest BCUT2D eigenvalue weighted by molar-refractivity contribution is -0.309. The first-order valence-electron chi connectivity index (χ1n) is 11.9. The number of carboxylic acid groups (broad SMARTS) is 1. The van der Waals surface area contributed by atoms with E-state index in [1.165, 1.54) is 27.6 Å². The third kappa shape index (κ3) is 3.22. The number of hydrogen-bond acceptors (Lipinski definition) is 6. The molecule has 1 saturated carbocycles. The van der Waals surface area contributed by atoms with Crippen LogP contribution >= 0.6 is 11.8 Å². The molecular formula is C28H21N2O4S-. The third-order valence-electron chi connectivity index (χ3n) is 7.38. The summed E-state index contributed by atoms with van der Waals surface area (Å²) in [5.74, 6) is 0.322. The summed E-state index contributed by atoms with van der Waals surface area (Å²) in [4.78, 5) is 24.7. The number of pyridine rings is 1. The van der Waals surface area contributed by atoms with E-state index in [-0.39, 0.29) is 17.4 Å². The molecule has 0 N–H and O–H groups in total. The number of hydrogen-bond donors (Lipinski definition) is 0. The SMILES string of the molecule is O=C([O-])C1CSc2c(C3CC3)c(-c3cc(C4=c5ccccc5=CC5C=CC=CC45)no3)cc(=O)n21. The molecule has 1 aromatic carbocycles. The van der Waals surface area contributed by atoms with E-state index >= 15 is 0 Å². The number of nitrogens with zero attached hydrogens (tertiary/aromatic N) is 2. The predicted octanol–water partition coefficient (Wildman–Crippen LogP) is 2.13. The minimum atomic E-state index is -1.22. The van der Waals surface area contributed by atoms with Gasteiger partial charge in [-0.25, -0.2) is 0 Å². The normalized spacial score (nSPS) is 24.0. The molecule has 7 rings (SSSR count). The average Bonchev–Trinajstić information content (AvgIpc) is 3.40. The Hall–Kier alpha value is -3.58. The highest BCUT2D eigenvalue weighted by Crippen LogP contribution is 2.50. The van der Waals surface area contributed by atoms with E-state index in [4.69, 9.17) is 4.52 Å². The minimum absolute atomic E-state index is 0.153. The van der Waals surface area contributed by atoms with Gasteiger partial charge in [0.1, 0.15) is 5.69 Å². The first-order valence-corrected chi connectivity index (χ1v) is 12.9. The van der Waals surface area contributed by atoms with Crippen molar-refractivity contribution >= 4 is 29.4 Å². The van der Waals surface area contributed by atoms with Crippen LogP contribution < -0.4 is 21.1 Å². The van der Waals surface area contributed by atoms with Gasteiger partial charge in [-0.05, 0) is 40.3 Å². The van der Waals surface area contributed by atoms with Gasteiger partial charge in [-0.3, -0.25) is 9.36 Å². The summed E-state index contributed by atoms with van der Waals surface area (Å²) < 4.78 is 7.29. The van der Waals surface area contributed by atoms with Gasteiger partial charge in [0.2, 0.25) is 0 Å². The number of carbonyl (C=O) groups is 1. The minimum Gasteiger partial charge on any atom is -0.548 e. The molecule has 1 aliphatic heterocycles. The number of thioether (sulfide) groups is 1. The monoisotopic (exact) mass is 481 g/mol. The smallest absolute Gasteiger partial charge is 0.252 e. The lowest BCUT2D eigenvalue weighted by atomic mass is 9.77. The largest absolute Gasteiger partial charge is 0.548 e. The summed E-state index contributed by atoms with van der Waals surface area (Å²) in [7, 11) is 0. The van der Waals surface area contributed by atoms with Crippen LogP contribution in [0.25, 0.3) is 23.0 Å². The summed E-state index contributed by atoms with van der Waals surface area (Å²) in [5.41, 5.74) is 3.25. The van der Waals surface area contributed by atoms with Crippen LogP contribution in [-0.2, 0) is 4.79 Å². The lowest BCUT2D eigenvalue weighted by Gasteiger charge is -2.26. The Bertz CT molecular complexity index is 1640. The van der Waals surface area contributed by atoms with Gasteiger partial charge in [0.05, 0.1) is 17.0 Å². The second-order valence-electron chi connectivity index (χ2n) is 9.52. The van der Waals surface area contributed by atoms with Crippen molar-refractivity contribution in [2.45, 2.75) is 29.8 Å². The summed E-state index contributed by atoms with van der Waals surface area (Å²) in [6.45, 7) is 0. The van der Waals surface area contributed by atoms with Crippen molar-refractivity contribution < 1.29 is 14.4 Å². The topological polar surface area (TPSA) is 88.2 Å². The summed E-state index contributed by atoms with van der Waals surface area (Å²) >= 11 is 1.42. The van der Waals surface area contributed by atoms with E-state index < -0.39 is 12.0 Å². The molecule has 3 atom stereocenters. The number of carboxylic acids is 1. The predicted molar refractivity (Wildman–Crippen MR) is 131 cm³/mol. The van der Waals surface area contributed by atoms with Crippen LogP contribution in [0.5, 0.6) is 0 Å². The van der Waals surface area contributed by atoms with Crippen molar-refractivity contribution in [1.82, 2.24) is 9.72 Å². The molecular weight excluding hydrogens is 460 g/mol. The molecule has 2 aromatic heterocycles. The van der Waals surface area contributed by atoms with Crippen molar-refractivity contribution in [2.24, 2.45) is 11.8 Å². The number of rotatable bonds is 4. The van der Waals surface area contributed by atoms with E-state index in [0.29, 0.717) is 17.4 Å². The van der Waals surface area contributed by atoms with E-state index in [1.54, 1.807) is 0 Å². The highest BCUT2D eigenvalue weighted by molar-refractivity contribution is 7.99. The number of aromatic nitrogens is 2. The maximum Gasteiger partial charge on any atom is 0.252 e. The van der Waals surface area contributed by atoms with E-state index in [0.717, 1.165) is 45.5 Å². The molecule has 0 bridgehead atoms. The number of carbonyl (C=O) groups excluding carboxylic acids is 1. The Labute approximate surface area is 205 Å². The molecule has 35 heavy (non-hydrogen) atoms. The van der Waals surface area contributed by atoms with E-state index in [9.17, 15) is 14.7 Å². The van der Waals surface area contributed by atoms with Gasteiger partial charge < -0.3 is 14.4 Å². The molecule has 0 spiro atoms. The van der Waals surface area contributed by atoms with Gasteiger partial charge in [-0.2, -0.15) is 0 Å². The fourth-order valence-corrected chi connectivity index (χ4v) is 7.01. The Balaban J connectivity index is 1.41. The molecule has 7 heteroatoms. The van der Waals surface area contributed by atoms with Crippen LogP contribution in [0.2, 0.25) is 0 Å². The highest BCUT2D eigenvalue weighted by Gasteiger charge is 2.37. The van der Waals surface area contributed by atoms with Crippen molar-refractivity contribution in [2.75, 3.05) is 5.75 Å². The van der Waals surface area contributed by atoms with Crippen LogP contribution in [0.1, 0.15) is 36.1 Å². The zero-order chi connectivity index (χ0) is 23.7. The van der Waals surface area contributed by atoms with Crippen molar-refractivity contribution in [3.8, 4) is 11.3 Å². The third-order valence-corrected chi connectivity index (χ3v) is 8.55. The zero-order valence-electron chi connectivity index (χ0n) is 18.7. The Kier molecular flexibility index (Phi) is 4.58. The maximum absolute atomic E-state index is 13.0. The number of benzene rings is 1. The van der Waals surface area contributed by atoms with E-state index in [2.05, 4.69) is 47.7 Å². The van der Waals surface area contributed by atoms with Gasteiger partial charge in [-0.15, -0.1) is 11.8 Å². The quantitative estimate of drug-likeness (QED) is 0.567. The van der Waals surface area contributed by atoms with Crippen molar-refractivity contribution in [3.05, 3.63) is 92.8 Å². The summed E-state index contributed by atoms with van der Waals surface area (Å²) in [6.07, 6.45) is 12.9. The molecule has 3 aliphatic carbocycles. The Morgan fingerprint density at radius 1 is 1.14 bits per heavy atom. The molecule has 3 aromatic rings. The second kappa shape index (κ2) is 7.71. The van der Waals surface area contributed by atoms with Crippen LogP contribution in [0.3, 0.4) is 0 Å². The van der Waals surface area contributed by atoms with Gasteiger partial charge >= 0.3 is 0 Å². The van der Waals surface area contributed by atoms with Gasteiger partial charge in [-0.1, -0.05) is 59.8 Å². The highest BCUT2D eigenvalue weighted by atomic mass is 32.2. The van der Waals surface area contributed by atoms with Gasteiger partial charge in [0.15, 0.2) is 5.76 Å². The first-order chi connectivity index (χ1) is 17.1. The molecule has 4 aliphatic rings. The van der Waals surface area contributed by atoms with Crippen molar-refractivity contribution in [1.29, 1.82) is 0 Å². The average molecular weight is 482 g/mol. The molecule has 6 nitrogen and oxygen atoms in total. The lowest BCUT2D eigenvalue weighted by Crippen LogP contribution is -2.37. The summed E-state index contributed by atoms with van der Waals surface area (Å²) in [5, 5.41) is 19.2. The second-order valence-corrected chi connectivity index (χ2v) is 10.5. The molecule has 1 fully saturated rings. The molecule has 3 unspecified atom stereocenters. The Morgan fingerprint density at radius 2 is 1.97 bits per heavy atom. The molecule has 0 radical (unpaired) electrons. The molecule has 0 amide bonds. The fourth-order valence-electron chi connectivity index (χ4n) is 5.62. The van der Waals surface area contributed by atoms with Gasteiger partial charge in [0.25, 0.3) is 5.56 Å².